The van der Waals surface area contributed by atoms with Crippen LogP contribution in [0.2, 0.25) is 0 Å². The highest BCUT2D eigenvalue weighted by Crippen LogP contribution is 2.08. The summed E-state index contributed by atoms with van der Waals surface area (Å²) in [6.45, 7) is 2.64. The van der Waals surface area contributed by atoms with Crippen LogP contribution >= 0.6 is 0 Å². The van der Waals surface area contributed by atoms with Crippen molar-refractivity contribution in [2.24, 2.45) is 0 Å². The number of rotatable bonds is 7. The van der Waals surface area contributed by atoms with Gasteiger partial charge in [-0.05, 0) is 35.7 Å². The van der Waals surface area contributed by atoms with Crippen LogP contribution in [0.4, 0.5) is 0 Å². The molecule has 1 aromatic heterocycles. The molecule has 0 saturated heterocycles. The summed E-state index contributed by atoms with van der Waals surface area (Å²) in [5.74, 6) is -0.872. The number of ether oxygens (including phenoxy) is 1. The number of nitrogens with one attached hydrogen (secondary N) is 1. The number of hydrogen-bond donors (Lipinski definition) is 1. The van der Waals surface area contributed by atoms with E-state index >= 15 is 0 Å². The summed E-state index contributed by atoms with van der Waals surface area (Å²) in [6, 6.07) is 14.8. The maximum Gasteiger partial charge on any atom is 0.338 e. The van der Waals surface area contributed by atoms with Crippen LogP contribution in [0, 0.1) is 6.92 Å². The molecule has 3 rings (SSSR count). The Morgan fingerprint density at radius 3 is 2.59 bits per heavy atom. The zero-order valence-corrected chi connectivity index (χ0v) is 15.0. The molecule has 3 aromatic rings. The van der Waals surface area contributed by atoms with Crippen molar-refractivity contribution in [3.63, 3.8) is 0 Å². The molecule has 7 heteroatoms. The minimum Gasteiger partial charge on any atom is -0.452 e. The van der Waals surface area contributed by atoms with Crippen LogP contribution in [0.3, 0.4) is 0 Å². The summed E-state index contributed by atoms with van der Waals surface area (Å²) in [5, 5.41) is 6.78. The van der Waals surface area contributed by atoms with Crippen molar-refractivity contribution < 1.29 is 14.3 Å². The fourth-order valence-corrected chi connectivity index (χ4v) is 2.52. The predicted octanol–water partition coefficient (Wildman–Crippen LogP) is 2.11. The molecule has 1 amide bonds. The summed E-state index contributed by atoms with van der Waals surface area (Å²) in [6.07, 6.45) is 3.09. The molecule has 0 fully saturated rings. The zero-order chi connectivity index (χ0) is 19.1. The molecule has 1 N–H and O–H groups in total. The maximum atomic E-state index is 12.1. The van der Waals surface area contributed by atoms with Gasteiger partial charge in [-0.1, -0.05) is 36.4 Å². The van der Waals surface area contributed by atoms with E-state index in [1.165, 1.54) is 6.33 Å². The first-order valence-corrected chi connectivity index (χ1v) is 8.51. The molecule has 2 aromatic carbocycles. The molecule has 0 saturated carbocycles. The lowest BCUT2D eigenvalue weighted by atomic mass is 10.1. The highest BCUT2D eigenvalue weighted by atomic mass is 16.5. The van der Waals surface area contributed by atoms with Gasteiger partial charge in [0, 0.05) is 6.54 Å². The lowest BCUT2D eigenvalue weighted by molar-refractivity contribution is -0.124. The number of aromatic nitrogens is 3. The van der Waals surface area contributed by atoms with Crippen molar-refractivity contribution in [3.8, 4) is 0 Å². The molecule has 0 aliphatic heterocycles. The van der Waals surface area contributed by atoms with Gasteiger partial charge < -0.3 is 10.1 Å². The standard InChI is InChI=1S/C20H20N4O3/c1-15-4-2-3-5-18(15)10-22-19(25)12-27-20(26)17-8-6-16(7-9-17)11-24-14-21-13-23-24/h2-9,13-14H,10-12H2,1H3,(H,22,25). The molecule has 0 bridgehead atoms. The number of hydrogen-bond acceptors (Lipinski definition) is 5. The van der Waals surface area contributed by atoms with E-state index in [2.05, 4.69) is 15.4 Å². The Hall–Kier alpha value is -3.48. The van der Waals surface area contributed by atoms with E-state index in [1.807, 2.05) is 43.3 Å². The Morgan fingerprint density at radius 2 is 1.89 bits per heavy atom. The number of amides is 1. The third-order valence-corrected chi connectivity index (χ3v) is 4.07. The Kier molecular flexibility index (Phi) is 5.94. The third kappa shape index (κ3) is 5.24. The summed E-state index contributed by atoms with van der Waals surface area (Å²) in [7, 11) is 0. The lowest BCUT2D eigenvalue weighted by Gasteiger charge is -2.09. The van der Waals surface area contributed by atoms with Crippen molar-refractivity contribution >= 4 is 11.9 Å². The minimum absolute atomic E-state index is 0.314. The zero-order valence-electron chi connectivity index (χ0n) is 15.0. The second-order valence-corrected chi connectivity index (χ2v) is 6.07. The van der Waals surface area contributed by atoms with Gasteiger partial charge in [-0.25, -0.2) is 14.5 Å². The van der Waals surface area contributed by atoms with Gasteiger partial charge in [0.25, 0.3) is 5.91 Å². The Labute approximate surface area is 157 Å². The first-order valence-electron chi connectivity index (χ1n) is 8.51. The average Bonchev–Trinajstić information content (AvgIpc) is 3.19. The van der Waals surface area contributed by atoms with Gasteiger partial charge in [0.1, 0.15) is 12.7 Å². The molecule has 0 spiro atoms. The van der Waals surface area contributed by atoms with Crippen LogP contribution in [0.1, 0.15) is 27.0 Å². The van der Waals surface area contributed by atoms with E-state index in [0.29, 0.717) is 18.7 Å². The van der Waals surface area contributed by atoms with Gasteiger partial charge in [-0.2, -0.15) is 5.10 Å². The fourth-order valence-electron chi connectivity index (χ4n) is 2.52. The molecule has 138 valence electrons. The number of carbonyl (C=O) groups is 2. The number of aryl methyl sites for hydroxylation is 1. The monoisotopic (exact) mass is 364 g/mol. The summed E-state index contributed by atoms with van der Waals surface area (Å²) in [4.78, 5) is 27.9. The Morgan fingerprint density at radius 1 is 1.11 bits per heavy atom. The normalized spacial score (nSPS) is 10.4. The van der Waals surface area contributed by atoms with E-state index in [9.17, 15) is 9.59 Å². The third-order valence-electron chi connectivity index (χ3n) is 4.07. The van der Waals surface area contributed by atoms with Gasteiger partial charge >= 0.3 is 5.97 Å². The van der Waals surface area contributed by atoms with Crippen LogP contribution in [-0.2, 0) is 22.6 Å². The number of esters is 1. The van der Waals surface area contributed by atoms with E-state index in [0.717, 1.165) is 16.7 Å². The highest BCUT2D eigenvalue weighted by molar-refractivity contribution is 5.91. The Bertz CT molecular complexity index is 905. The van der Waals surface area contributed by atoms with Crippen LogP contribution in [0.5, 0.6) is 0 Å². The second kappa shape index (κ2) is 8.75. The van der Waals surface area contributed by atoms with Crippen LogP contribution in [-0.4, -0.2) is 33.2 Å². The first kappa shape index (κ1) is 18.3. The highest BCUT2D eigenvalue weighted by Gasteiger charge is 2.10. The van der Waals surface area contributed by atoms with Gasteiger partial charge in [-0.15, -0.1) is 0 Å². The Balaban J connectivity index is 1.45. The molecular formula is C20H20N4O3. The minimum atomic E-state index is -0.534. The quantitative estimate of drug-likeness (QED) is 0.649. The summed E-state index contributed by atoms with van der Waals surface area (Å²) in [5.41, 5.74) is 3.50. The molecule has 0 atom stereocenters. The molecule has 0 aliphatic carbocycles. The van der Waals surface area contributed by atoms with E-state index < -0.39 is 5.97 Å². The first-order chi connectivity index (χ1) is 13.1. The van der Waals surface area contributed by atoms with Crippen molar-refractivity contribution in [1.82, 2.24) is 20.1 Å². The van der Waals surface area contributed by atoms with Gasteiger partial charge in [0.05, 0.1) is 12.1 Å². The van der Waals surface area contributed by atoms with Crippen LogP contribution in [0.15, 0.2) is 61.2 Å². The van der Waals surface area contributed by atoms with Crippen molar-refractivity contribution in [2.45, 2.75) is 20.0 Å². The van der Waals surface area contributed by atoms with Crippen molar-refractivity contribution in [3.05, 3.63) is 83.4 Å². The van der Waals surface area contributed by atoms with Crippen molar-refractivity contribution in [1.29, 1.82) is 0 Å². The van der Waals surface area contributed by atoms with Gasteiger partial charge in [-0.3, -0.25) is 4.79 Å². The van der Waals surface area contributed by atoms with E-state index in [-0.39, 0.29) is 12.5 Å². The molecule has 27 heavy (non-hydrogen) atoms. The second-order valence-electron chi connectivity index (χ2n) is 6.07. The largest absolute Gasteiger partial charge is 0.452 e. The molecule has 0 unspecified atom stereocenters. The maximum absolute atomic E-state index is 12.1. The van der Waals surface area contributed by atoms with Crippen molar-refractivity contribution in [2.75, 3.05) is 6.61 Å². The summed E-state index contributed by atoms with van der Waals surface area (Å²) < 4.78 is 6.76. The summed E-state index contributed by atoms with van der Waals surface area (Å²) >= 11 is 0. The van der Waals surface area contributed by atoms with E-state index in [4.69, 9.17) is 4.74 Å². The average molecular weight is 364 g/mol. The molecule has 0 radical (unpaired) electrons. The molecular weight excluding hydrogens is 344 g/mol. The van der Waals surface area contributed by atoms with Gasteiger partial charge in [0.2, 0.25) is 0 Å². The number of benzene rings is 2. The van der Waals surface area contributed by atoms with E-state index in [1.54, 1.807) is 23.1 Å². The van der Waals surface area contributed by atoms with Gasteiger partial charge in [0.15, 0.2) is 6.61 Å². The molecule has 7 nitrogen and oxygen atoms in total. The lowest BCUT2D eigenvalue weighted by Crippen LogP contribution is -2.28. The molecule has 1 heterocycles. The fraction of sp³-hybridized carbons (Fsp3) is 0.200. The number of carbonyl (C=O) groups excluding carboxylic acids is 2. The predicted molar refractivity (Wildman–Crippen MR) is 98.9 cm³/mol. The SMILES string of the molecule is Cc1ccccc1CNC(=O)COC(=O)c1ccc(Cn2cncn2)cc1. The smallest absolute Gasteiger partial charge is 0.338 e. The number of nitrogens with zero attached hydrogens (tertiary/aromatic N) is 3. The van der Waals surface area contributed by atoms with Crippen LogP contribution < -0.4 is 5.32 Å². The molecule has 0 aliphatic rings. The van der Waals surface area contributed by atoms with Crippen LogP contribution in [0.25, 0.3) is 0 Å². The topological polar surface area (TPSA) is 86.1 Å².